The van der Waals surface area contributed by atoms with E-state index < -0.39 is 0 Å². The van der Waals surface area contributed by atoms with Crippen LogP contribution in [0.1, 0.15) is 44.9 Å². The van der Waals surface area contributed by atoms with Crippen LogP contribution in [0.25, 0.3) is 0 Å². The van der Waals surface area contributed by atoms with E-state index in [0.717, 1.165) is 5.92 Å². The van der Waals surface area contributed by atoms with Crippen molar-refractivity contribution in [2.75, 3.05) is 6.54 Å². The molecule has 0 spiro atoms. The molecule has 2 heteroatoms. The van der Waals surface area contributed by atoms with E-state index in [1.165, 1.54) is 51.5 Å². The summed E-state index contributed by atoms with van der Waals surface area (Å²) in [5.41, 5.74) is 6.00. The highest BCUT2D eigenvalue weighted by Crippen LogP contribution is 2.25. The lowest BCUT2D eigenvalue weighted by atomic mass is 10.1. The molecule has 3 N–H and O–H groups in total. The van der Waals surface area contributed by atoms with Crippen LogP contribution in [0.2, 0.25) is 0 Å². The summed E-state index contributed by atoms with van der Waals surface area (Å²) in [6.45, 7) is 1.22. The minimum Gasteiger partial charge on any atom is -0.326 e. The van der Waals surface area contributed by atoms with E-state index in [0.29, 0.717) is 12.1 Å². The summed E-state index contributed by atoms with van der Waals surface area (Å²) in [5, 5.41) is 3.65. The fourth-order valence-corrected chi connectivity index (χ4v) is 2.77. The second-order valence-corrected chi connectivity index (χ2v) is 4.76. The van der Waals surface area contributed by atoms with E-state index in [2.05, 4.69) is 5.32 Å². The van der Waals surface area contributed by atoms with Gasteiger partial charge in [0.1, 0.15) is 0 Å². The third-order valence-corrected chi connectivity index (χ3v) is 3.71. The fraction of sp³-hybridized carbons (Fsp3) is 1.00. The van der Waals surface area contributed by atoms with Crippen LogP contribution in [0, 0.1) is 5.92 Å². The van der Waals surface area contributed by atoms with Gasteiger partial charge in [0.05, 0.1) is 0 Å². The number of hydrogen-bond acceptors (Lipinski definition) is 2. The molecular formula is C11H22N2. The Kier molecular flexibility index (Phi) is 3.23. The lowest BCUT2D eigenvalue weighted by Gasteiger charge is -2.19. The summed E-state index contributed by atoms with van der Waals surface area (Å²) in [7, 11) is 0. The SMILES string of the molecule is NC1CCCC1NCC1CCCC1. The average Bonchev–Trinajstić information content (AvgIpc) is 2.72. The minimum absolute atomic E-state index is 0.432. The highest BCUT2D eigenvalue weighted by atomic mass is 15.0. The van der Waals surface area contributed by atoms with Gasteiger partial charge in [0.2, 0.25) is 0 Å². The Balaban J connectivity index is 1.66. The normalized spacial score (nSPS) is 35.8. The van der Waals surface area contributed by atoms with Crippen LogP contribution in [0.15, 0.2) is 0 Å². The van der Waals surface area contributed by atoms with Crippen LogP contribution >= 0.6 is 0 Å². The van der Waals surface area contributed by atoms with Crippen molar-refractivity contribution in [1.82, 2.24) is 5.32 Å². The number of nitrogens with two attached hydrogens (primary N) is 1. The smallest absolute Gasteiger partial charge is 0.0219 e. The minimum atomic E-state index is 0.432. The molecule has 2 nitrogen and oxygen atoms in total. The number of rotatable bonds is 3. The first-order chi connectivity index (χ1) is 6.36. The monoisotopic (exact) mass is 182 g/mol. The Morgan fingerprint density at radius 2 is 1.77 bits per heavy atom. The van der Waals surface area contributed by atoms with Gasteiger partial charge in [-0.1, -0.05) is 19.3 Å². The third-order valence-electron chi connectivity index (χ3n) is 3.71. The maximum absolute atomic E-state index is 6.00. The molecule has 0 aliphatic heterocycles. The van der Waals surface area contributed by atoms with E-state index in [1.807, 2.05) is 0 Å². The molecule has 0 saturated heterocycles. The van der Waals surface area contributed by atoms with Gasteiger partial charge in [0, 0.05) is 12.1 Å². The lowest BCUT2D eigenvalue weighted by molar-refractivity contribution is 0.412. The summed E-state index contributed by atoms with van der Waals surface area (Å²) < 4.78 is 0. The quantitative estimate of drug-likeness (QED) is 0.696. The predicted molar refractivity (Wildman–Crippen MR) is 55.6 cm³/mol. The molecule has 13 heavy (non-hydrogen) atoms. The predicted octanol–water partition coefficient (Wildman–Crippen LogP) is 1.65. The summed E-state index contributed by atoms with van der Waals surface area (Å²) >= 11 is 0. The first kappa shape index (κ1) is 9.47. The van der Waals surface area contributed by atoms with Gasteiger partial charge in [-0.05, 0) is 38.1 Å². The molecule has 0 aromatic carbocycles. The molecule has 2 rings (SSSR count). The molecule has 2 saturated carbocycles. The standard InChI is InChI=1S/C11H22N2/c12-10-6-3-7-11(10)13-8-9-4-1-2-5-9/h9-11,13H,1-8,12H2. The second kappa shape index (κ2) is 4.43. The Bertz CT molecular complexity index is 152. The Labute approximate surface area is 81.3 Å². The van der Waals surface area contributed by atoms with Crippen molar-refractivity contribution in [3.8, 4) is 0 Å². The molecule has 0 radical (unpaired) electrons. The lowest BCUT2D eigenvalue weighted by Crippen LogP contribution is -2.42. The topological polar surface area (TPSA) is 38.0 Å². The maximum atomic E-state index is 6.00. The summed E-state index contributed by atoms with van der Waals surface area (Å²) in [6.07, 6.45) is 9.62. The van der Waals surface area contributed by atoms with Crippen molar-refractivity contribution in [2.45, 2.75) is 57.0 Å². The van der Waals surface area contributed by atoms with Crippen molar-refractivity contribution < 1.29 is 0 Å². The van der Waals surface area contributed by atoms with Gasteiger partial charge in [-0.3, -0.25) is 0 Å². The van der Waals surface area contributed by atoms with Gasteiger partial charge in [-0.15, -0.1) is 0 Å². The summed E-state index contributed by atoms with van der Waals surface area (Å²) in [5.74, 6) is 0.952. The van der Waals surface area contributed by atoms with Crippen molar-refractivity contribution >= 4 is 0 Å². The largest absolute Gasteiger partial charge is 0.326 e. The average molecular weight is 182 g/mol. The van der Waals surface area contributed by atoms with Gasteiger partial charge in [0.25, 0.3) is 0 Å². The molecular weight excluding hydrogens is 160 g/mol. The molecule has 0 amide bonds. The van der Waals surface area contributed by atoms with E-state index in [4.69, 9.17) is 5.73 Å². The van der Waals surface area contributed by atoms with Crippen LogP contribution < -0.4 is 11.1 Å². The molecule has 0 aromatic heterocycles. The van der Waals surface area contributed by atoms with Crippen LogP contribution in [0.5, 0.6) is 0 Å². The summed E-state index contributed by atoms with van der Waals surface area (Å²) in [4.78, 5) is 0. The van der Waals surface area contributed by atoms with Crippen molar-refractivity contribution in [2.24, 2.45) is 11.7 Å². The van der Waals surface area contributed by atoms with Gasteiger partial charge < -0.3 is 11.1 Å². The van der Waals surface area contributed by atoms with E-state index in [9.17, 15) is 0 Å². The molecule has 0 bridgehead atoms. The van der Waals surface area contributed by atoms with Crippen molar-refractivity contribution in [3.63, 3.8) is 0 Å². The highest BCUT2D eigenvalue weighted by Gasteiger charge is 2.24. The molecule has 2 aliphatic carbocycles. The van der Waals surface area contributed by atoms with Crippen molar-refractivity contribution in [3.05, 3.63) is 0 Å². The fourth-order valence-electron chi connectivity index (χ4n) is 2.77. The van der Waals surface area contributed by atoms with Crippen LogP contribution in [0.3, 0.4) is 0 Å². The first-order valence-electron chi connectivity index (χ1n) is 5.85. The molecule has 0 heterocycles. The molecule has 0 aromatic rings. The third kappa shape index (κ3) is 2.44. The zero-order valence-electron chi connectivity index (χ0n) is 8.47. The molecule has 2 atom stereocenters. The number of hydrogen-bond donors (Lipinski definition) is 2. The second-order valence-electron chi connectivity index (χ2n) is 4.76. The van der Waals surface area contributed by atoms with Crippen molar-refractivity contribution in [1.29, 1.82) is 0 Å². The number of nitrogens with one attached hydrogen (secondary N) is 1. The molecule has 2 unspecified atom stereocenters. The Hall–Kier alpha value is -0.0800. The van der Waals surface area contributed by atoms with E-state index in [1.54, 1.807) is 0 Å². The van der Waals surface area contributed by atoms with E-state index >= 15 is 0 Å². The van der Waals surface area contributed by atoms with Gasteiger partial charge in [-0.2, -0.15) is 0 Å². The highest BCUT2D eigenvalue weighted by molar-refractivity contribution is 4.86. The molecule has 2 fully saturated rings. The van der Waals surface area contributed by atoms with Crippen LogP contribution in [-0.2, 0) is 0 Å². The molecule has 76 valence electrons. The zero-order chi connectivity index (χ0) is 9.10. The van der Waals surface area contributed by atoms with E-state index in [-0.39, 0.29) is 0 Å². The summed E-state index contributed by atoms with van der Waals surface area (Å²) in [6, 6.07) is 1.06. The van der Waals surface area contributed by atoms with Gasteiger partial charge in [0.15, 0.2) is 0 Å². The maximum Gasteiger partial charge on any atom is 0.0219 e. The Morgan fingerprint density at radius 1 is 1.00 bits per heavy atom. The Morgan fingerprint density at radius 3 is 2.38 bits per heavy atom. The van der Waals surface area contributed by atoms with Gasteiger partial charge >= 0.3 is 0 Å². The first-order valence-corrected chi connectivity index (χ1v) is 5.85. The van der Waals surface area contributed by atoms with Crippen LogP contribution in [-0.4, -0.2) is 18.6 Å². The van der Waals surface area contributed by atoms with Gasteiger partial charge in [-0.25, -0.2) is 0 Å². The van der Waals surface area contributed by atoms with Crippen LogP contribution in [0.4, 0.5) is 0 Å². The molecule has 2 aliphatic rings. The zero-order valence-corrected chi connectivity index (χ0v) is 8.47.